The molecule has 1 saturated heterocycles. The summed E-state index contributed by atoms with van der Waals surface area (Å²) < 4.78 is 12.5. The molecule has 4 aromatic rings. The topological polar surface area (TPSA) is 128 Å². The van der Waals surface area contributed by atoms with Crippen LogP contribution in [0.4, 0.5) is 11.4 Å². The van der Waals surface area contributed by atoms with Crippen LogP contribution in [0.15, 0.2) is 72.8 Å². The molecule has 1 aromatic heterocycles. The fourth-order valence-corrected chi connectivity index (χ4v) is 4.90. The van der Waals surface area contributed by atoms with Gasteiger partial charge in [-0.25, -0.2) is 4.68 Å². The second-order valence-electron chi connectivity index (χ2n) is 9.78. The summed E-state index contributed by atoms with van der Waals surface area (Å²) in [5.74, 6) is -0.318. The van der Waals surface area contributed by atoms with E-state index >= 15 is 0 Å². The molecule has 0 unspecified atom stereocenters. The van der Waals surface area contributed by atoms with Gasteiger partial charge in [0.1, 0.15) is 23.9 Å². The number of nitrogens with one attached hydrogen (secondary N) is 2. The number of ether oxygens (including phenoxy) is 2. The van der Waals surface area contributed by atoms with E-state index in [4.69, 9.17) is 9.47 Å². The van der Waals surface area contributed by atoms with Crippen LogP contribution in [0, 0.1) is 0 Å². The van der Waals surface area contributed by atoms with Gasteiger partial charge in [-0.05, 0) is 66.9 Å². The van der Waals surface area contributed by atoms with Gasteiger partial charge in [0, 0.05) is 31.5 Å². The molecule has 41 heavy (non-hydrogen) atoms. The second kappa shape index (κ2) is 12.6. The van der Waals surface area contributed by atoms with Gasteiger partial charge in [0.2, 0.25) is 17.7 Å². The number of carbonyl (C=O) groups excluding carboxylic acids is 3. The van der Waals surface area contributed by atoms with Crippen molar-refractivity contribution in [3.8, 4) is 5.75 Å². The van der Waals surface area contributed by atoms with Gasteiger partial charge < -0.3 is 20.1 Å². The summed E-state index contributed by atoms with van der Waals surface area (Å²) in [5.41, 5.74) is 3.00. The number of fused-ring (bicyclic) bond motifs is 1. The summed E-state index contributed by atoms with van der Waals surface area (Å²) in [5, 5.41) is 14.1. The highest BCUT2D eigenvalue weighted by atomic mass is 16.5. The molecule has 0 bridgehead atoms. The molecule has 1 aliphatic rings. The predicted octanol–water partition coefficient (Wildman–Crippen LogP) is 3.47. The number of methoxy groups -OCH3 is 1. The van der Waals surface area contributed by atoms with Crippen LogP contribution in [0.2, 0.25) is 0 Å². The van der Waals surface area contributed by atoms with E-state index < -0.39 is 6.04 Å². The summed E-state index contributed by atoms with van der Waals surface area (Å²) in [7, 11) is 1.57. The van der Waals surface area contributed by atoms with Crippen molar-refractivity contribution < 1.29 is 23.9 Å². The third-order valence-electron chi connectivity index (χ3n) is 6.91. The molecular weight excluding hydrogens is 524 g/mol. The van der Waals surface area contributed by atoms with Crippen LogP contribution in [-0.2, 0) is 25.7 Å². The first kappa shape index (κ1) is 27.8. The molecular formula is C30H32N6O5. The highest BCUT2D eigenvalue weighted by Crippen LogP contribution is 2.31. The van der Waals surface area contributed by atoms with Crippen molar-refractivity contribution in [1.29, 1.82) is 0 Å². The van der Waals surface area contributed by atoms with Gasteiger partial charge in [0.25, 0.3) is 0 Å². The molecule has 11 heteroatoms. The lowest BCUT2D eigenvalue weighted by atomic mass is 10.0. The number of para-hydroxylation sites is 1. The number of hydrogen-bond donors (Lipinski definition) is 2. The minimum Gasteiger partial charge on any atom is -0.497 e. The first-order chi connectivity index (χ1) is 19.9. The summed E-state index contributed by atoms with van der Waals surface area (Å²) >= 11 is 0. The van der Waals surface area contributed by atoms with E-state index in [1.165, 1.54) is 16.5 Å². The Bertz CT molecular complexity index is 1510. The van der Waals surface area contributed by atoms with Gasteiger partial charge in [-0.2, -0.15) is 0 Å². The van der Waals surface area contributed by atoms with Crippen LogP contribution in [0.25, 0.3) is 11.0 Å². The number of aromatic nitrogens is 3. The van der Waals surface area contributed by atoms with Crippen molar-refractivity contribution >= 4 is 40.1 Å². The molecule has 1 aliphatic heterocycles. The first-order valence-electron chi connectivity index (χ1n) is 13.4. The number of amides is 3. The van der Waals surface area contributed by atoms with Crippen LogP contribution < -0.4 is 20.3 Å². The number of nitrogens with zero attached hydrogens (tertiary/aromatic N) is 4. The van der Waals surface area contributed by atoms with Crippen molar-refractivity contribution in [2.24, 2.45) is 0 Å². The predicted molar refractivity (Wildman–Crippen MR) is 153 cm³/mol. The second-order valence-corrected chi connectivity index (χ2v) is 9.78. The van der Waals surface area contributed by atoms with E-state index in [-0.39, 0.29) is 30.4 Å². The Balaban J connectivity index is 1.54. The molecule has 2 N–H and O–H groups in total. The largest absolute Gasteiger partial charge is 0.497 e. The fourth-order valence-electron chi connectivity index (χ4n) is 4.90. The van der Waals surface area contributed by atoms with Gasteiger partial charge in [-0.15, -0.1) is 5.10 Å². The normalized spacial score (nSPS) is 15.3. The van der Waals surface area contributed by atoms with Gasteiger partial charge >= 0.3 is 0 Å². The van der Waals surface area contributed by atoms with Crippen molar-refractivity contribution in [3.63, 3.8) is 0 Å². The first-order valence-corrected chi connectivity index (χ1v) is 13.4. The Hall–Kier alpha value is -4.77. The van der Waals surface area contributed by atoms with Crippen LogP contribution >= 0.6 is 0 Å². The minimum absolute atomic E-state index is 0.0712. The lowest BCUT2D eigenvalue weighted by Crippen LogP contribution is -2.46. The van der Waals surface area contributed by atoms with E-state index in [1.807, 2.05) is 24.3 Å². The highest BCUT2D eigenvalue weighted by molar-refractivity contribution is 6.02. The number of hydrogen-bond acceptors (Lipinski definition) is 7. The SMILES string of the molecule is COc1ccc([C@H](C(=O)NC[C@@H]2CCCO2)N(C(=O)Cn2nnc3ccccc32)c2ccc(NC(C)=O)cc2)cc1. The van der Waals surface area contributed by atoms with Gasteiger partial charge in [-0.1, -0.05) is 29.5 Å². The van der Waals surface area contributed by atoms with E-state index in [0.29, 0.717) is 46.9 Å². The van der Waals surface area contributed by atoms with E-state index in [9.17, 15) is 14.4 Å². The molecule has 212 valence electrons. The number of rotatable bonds is 10. The Morgan fingerprint density at radius 1 is 1.07 bits per heavy atom. The zero-order valence-corrected chi connectivity index (χ0v) is 22.9. The van der Waals surface area contributed by atoms with Crippen LogP contribution in [0.3, 0.4) is 0 Å². The summed E-state index contributed by atoms with van der Waals surface area (Å²) in [6, 6.07) is 20.2. The Morgan fingerprint density at radius 3 is 2.51 bits per heavy atom. The van der Waals surface area contributed by atoms with Gasteiger partial charge in [0.15, 0.2) is 0 Å². The maximum absolute atomic E-state index is 14.2. The van der Waals surface area contributed by atoms with Crippen LogP contribution in [0.1, 0.15) is 31.4 Å². The summed E-state index contributed by atoms with van der Waals surface area (Å²) in [4.78, 5) is 41.1. The molecule has 0 saturated carbocycles. The standard InChI is InChI=1S/C30H32N6O5/c1-20(37)32-22-11-13-23(14-12-22)36(28(38)19-35-27-8-4-3-7-26(27)33-34-35)29(21-9-15-24(40-2)16-10-21)30(39)31-18-25-6-5-17-41-25/h3-4,7-16,25,29H,5-6,17-19H2,1-2H3,(H,31,39)(H,32,37)/t25-,29+/m0/s1. The monoisotopic (exact) mass is 556 g/mol. The molecule has 2 atom stereocenters. The van der Waals surface area contributed by atoms with E-state index in [0.717, 1.165) is 12.8 Å². The summed E-state index contributed by atoms with van der Waals surface area (Å²) in [6.45, 7) is 2.27. The lowest BCUT2D eigenvalue weighted by molar-refractivity contribution is -0.127. The van der Waals surface area contributed by atoms with E-state index in [2.05, 4.69) is 20.9 Å². The Morgan fingerprint density at radius 2 is 1.83 bits per heavy atom. The molecule has 0 radical (unpaired) electrons. The molecule has 0 aliphatic carbocycles. The zero-order chi connectivity index (χ0) is 28.8. The zero-order valence-electron chi connectivity index (χ0n) is 22.9. The van der Waals surface area contributed by atoms with Crippen molar-refractivity contribution in [2.45, 2.75) is 38.5 Å². The quantitative estimate of drug-likeness (QED) is 0.306. The number of anilines is 2. The average Bonchev–Trinajstić information content (AvgIpc) is 3.65. The maximum atomic E-state index is 14.2. The highest BCUT2D eigenvalue weighted by Gasteiger charge is 2.34. The van der Waals surface area contributed by atoms with E-state index in [1.54, 1.807) is 55.6 Å². The Kier molecular flexibility index (Phi) is 8.54. The minimum atomic E-state index is -1.02. The van der Waals surface area contributed by atoms with Crippen LogP contribution in [-0.4, -0.2) is 59.1 Å². The molecule has 3 amide bonds. The molecule has 2 heterocycles. The van der Waals surface area contributed by atoms with Crippen molar-refractivity contribution in [2.75, 3.05) is 30.5 Å². The number of carbonyl (C=O) groups is 3. The molecule has 0 spiro atoms. The van der Waals surface area contributed by atoms with Crippen LogP contribution in [0.5, 0.6) is 5.75 Å². The van der Waals surface area contributed by atoms with Crippen molar-refractivity contribution in [3.05, 3.63) is 78.4 Å². The average molecular weight is 557 g/mol. The number of benzene rings is 3. The van der Waals surface area contributed by atoms with Gasteiger partial charge in [-0.3, -0.25) is 19.3 Å². The fraction of sp³-hybridized carbons (Fsp3) is 0.300. The molecule has 1 fully saturated rings. The molecule has 3 aromatic carbocycles. The Labute approximate surface area is 237 Å². The van der Waals surface area contributed by atoms with Gasteiger partial charge in [0.05, 0.1) is 18.7 Å². The third kappa shape index (κ3) is 6.52. The molecule has 11 nitrogen and oxygen atoms in total. The smallest absolute Gasteiger partial charge is 0.249 e. The molecule has 5 rings (SSSR count). The lowest BCUT2D eigenvalue weighted by Gasteiger charge is -2.32. The maximum Gasteiger partial charge on any atom is 0.249 e. The third-order valence-corrected chi connectivity index (χ3v) is 6.91. The van der Waals surface area contributed by atoms with Crippen molar-refractivity contribution in [1.82, 2.24) is 20.3 Å². The summed E-state index contributed by atoms with van der Waals surface area (Å²) in [6.07, 6.45) is 1.73.